The third-order valence-electron chi connectivity index (χ3n) is 4.76. The smallest absolute Gasteiger partial charge is 0.416 e. The van der Waals surface area contributed by atoms with Gasteiger partial charge in [-0.1, -0.05) is 12.1 Å². The lowest BCUT2D eigenvalue weighted by atomic mass is 10.1. The van der Waals surface area contributed by atoms with Crippen LogP contribution in [0.2, 0.25) is 0 Å². The summed E-state index contributed by atoms with van der Waals surface area (Å²) in [6, 6.07) is 6.51. The Labute approximate surface area is 170 Å². The second-order valence-electron chi connectivity index (χ2n) is 6.88. The number of alkyl halides is 3. The molecule has 0 saturated carbocycles. The van der Waals surface area contributed by atoms with Crippen LogP contribution in [0.4, 0.5) is 13.2 Å². The van der Waals surface area contributed by atoms with Gasteiger partial charge in [-0.05, 0) is 30.7 Å². The largest absolute Gasteiger partial charge is 0.450 e. The number of nitrogens with zero attached hydrogens (tertiary/aromatic N) is 1. The van der Waals surface area contributed by atoms with Gasteiger partial charge in [0.05, 0.1) is 17.1 Å². The van der Waals surface area contributed by atoms with E-state index in [0.29, 0.717) is 6.42 Å². The molecule has 30 heavy (non-hydrogen) atoms. The summed E-state index contributed by atoms with van der Waals surface area (Å²) < 4.78 is 71.7. The molecule has 1 aromatic carbocycles. The molecule has 162 valence electrons. The molecule has 2 heterocycles. The van der Waals surface area contributed by atoms with Gasteiger partial charge < -0.3 is 14.1 Å². The summed E-state index contributed by atoms with van der Waals surface area (Å²) in [6.07, 6.45) is -4.20. The number of hydrogen-bond acceptors (Lipinski definition) is 6. The maximum atomic E-state index is 12.8. The summed E-state index contributed by atoms with van der Waals surface area (Å²) in [5.74, 6) is -1.92. The molecule has 7 nitrogen and oxygen atoms in total. The molecule has 0 unspecified atom stereocenters. The standard InChI is InChI=1S/C19H18F3NO6S/c1-23(14-7-8-30(26,27)11-14)17(24)10-28-18(25)16-6-5-15(29-16)12-3-2-4-13(9-12)19(20,21)22/h2-6,9,14H,7-8,10-11H2,1H3/t14-/m1/s1. The highest BCUT2D eigenvalue weighted by atomic mass is 32.2. The van der Waals surface area contributed by atoms with Gasteiger partial charge in [0.2, 0.25) is 5.76 Å². The van der Waals surface area contributed by atoms with Gasteiger partial charge in [-0.25, -0.2) is 13.2 Å². The molecule has 1 atom stereocenters. The fourth-order valence-electron chi connectivity index (χ4n) is 3.04. The number of furan rings is 1. The molecular formula is C19H18F3NO6S. The maximum absolute atomic E-state index is 12.8. The first-order valence-electron chi connectivity index (χ1n) is 8.87. The van der Waals surface area contributed by atoms with E-state index in [2.05, 4.69) is 0 Å². The van der Waals surface area contributed by atoms with Gasteiger partial charge in [-0.2, -0.15) is 13.2 Å². The second-order valence-corrected chi connectivity index (χ2v) is 9.11. The van der Waals surface area contributed by atoms with E-state index in [0.717, 1.165) is 12.1 Å². The van der Waals surface area contributed by atoms with Gasteiger partial charge in [0.25, 0.3) is 5.91 Å². The fourth-order valence-corrected chi connectivity index (χ4v) is 4.81. The Morgan fingerprint density at radius 3 is 2.60 bits per heavy atom. The molecule has 0 N–H and O–H groups in total. The van der Waals surface area contributed by atoms with Crippen molar-refractivity contribution >= 4 is 21.7 Å². The molecule has 1 saturated heterocycles. The van der Waals surface area contributed by atoms with Crippen LogP contribution in [-0.2, 0) is 25.5 Å². The van der Waals surface area contributed by atoms with Crippen LogP contribution in [0.1, 0.15) is 22.5 Å². The summed E-state index contributed by atoms with van der Waals surface area (Å²) in [6.45, 7) is -0.620. The Morgan fingerprint density at radius 2 is 1.97 bits per heavy atom. The Balaban J connectivity index is 1.61. The van der Waals surface area contributed by atoms with Gasteiger partial charge in [0, 0.05) is 18.7 Å². The van der Waals surface area contributed by atoms with Gasteiger partial charge in [0.15, 0.2) is 16.4 Å². The molecule has 1 aliphatic rings. The number of benzene rings is 1. The van der Waals surface area contributed by atoms with Crippen LogP contribution in [0, 0.1) is 0 Å². The topological polar surface area (TPSA) is 93.9 Å². The summed E-state index contributed by atoms with van der Waals surface area (Å²) >= 11 is 0. The van der Waals surface area contributed by atoms with Crippen molar-refractivity contribution < 1.29 is 40.3 Å². The predicted octanol–water partition coefficient (Wildman–Crippen LogP) is 2.77. The molecular weight excluding hydrogens is 427 g/mol. The molecule has 2 aromatic rings. The van der Waals surface area contributed by atoms with Crippen LogP contribution in [0.3, 0.4) is 0 Å². The van der Waals surface area contributed by atoms with Crippen LogP contribution < -0.4 is 0 Å². The SMILES string of the molecule is CN(C(=O)COC(=O)c1ccc(-c2cccc(C(F)(F)F)c2)o1)[C@@H]1CCS(=O)(=O)C1. The number of halogens is 3. The number of carbonyl (C=O) groups excluding carboxylic acids is 2. The average Bonchev–Trinajstić information content (AvgIpc) is 3.31. The highest BCUT2D eigenvalue weighted by Crippen LogP contribution is 2.32. The van der Waals surface area contributed by atoms with Crippen molar-refractivity contribution in [2.45, 2.75) is 18.6 Å². The molecule has 11 heteroatoms. The Bertz CT molecular complexity index is 1060. The first-order valence-corrected chi connectivity index (χ1v) is 10.7. The van der Waals surface area contributed by atoms with E-state index < -0.39 is 46.1 Å². The predicted molar refractivity (Wildman–Crippen MR) is 99.3 cm³/mol. The lowest BCUT2D eigenvalue weighted by Gasteiger charge is -2.22. The third-order valence-corrected chi connectivity index (χ3v) is 6.51. The van der Waals surface area contributed by atoms with E-state index in [9.17, 15) is 31.2 Å². The van der Waals surface area contributed by atoms with Crippen molar-refractivity contribution in [3.8, 4) is 11.3 Å². The molecule has 1 aromatic heterocycles. The first-order chi connectivity index (χ1) is 14.0. The van der Waals surface area contributed by atoms with Gasteiger partial charge in [-0.15, -0.1) is 0 Å². The van der Waals surface area contributed by atoms with Crippen molar-refractivity contribution in [2.24, 2.45) is 0 Å². The van der Waals surface area contributed by atoms with Crippen LogP contribution in [0.25, 0.3) is 11.3 Å². The molecule has 3 rings (SSSR count). The number of ether oxygens (including phenoxy) is 1. The number of hydrogen-bond donors (Lipinski definition) is 0. The Hall–Kier alpha value is -2.82. The van der Waals surface area contributed by atoms with Crippen molar-refractivity contribution in [2.75, 3.05) is 25.2 Å². The first kappa shape index (κ1) is 21.9. The molecule has 1 aliphatic heterocycles. The second kappa shape index (κ2) is 8.13. The number of rotatable bonds is 5. The Kier molecular flexibility index (Phi) is 5.93. The lowest BCUT2D eigenvalue weighted by molar-refractivity contribution is -0.137. The van der Waals surface area contributed by atoms with E-state index in [1.54, 1.807) is 0 Å². The summed E-state index contributed by atoms with van der Waals surface area (Å²) in [4.78, 5) is 25.5. The monoisotopic (exact) mass is 445 g/mol. The quantitative estimate of drug-likeness (QED) is 0.657. The summed E-state index contributed by atoms with van der Waals surface area (Å²) in [5.41, 5.74) is -0.731. The molecule has 0 radical (unpaired) electrons. The normalized spacial score (nSPS) is 18.2. The van der Waals surface area contributed by atoms with Crippen LogP contribution in [0.5, 0.6) is 0 Å². The Morgan fingerprint density at radius 1 is 1.23 bits per heavy atom. The van der Waals surface area contributed by atoms with Gasteiger partial charge >= 0.3 is 12.1 Å². The van der Waals surface area contributed by atoms with Crippen molar-refractivity contribution in [1.82, 2.24) is 4.90 Å². The summed E-state index contributed by atoms with van der Waals surface area (Å²) in [5, 5.41) is 0. The fraction of sp³-hybridized carbons (Fsp3) is 0.368. The molecule has 0 spiro atoms. The molecule has 0 bridgehead atoms. The van der Waals surface area contributed by atoms with Crippen LogP contribution >= 0.6 is 0 Å². The average molecular weight is 445 g/mol. The highest BCUT2D eigenvalue weighted by molar-refractivity contribution is 7.91. The minimum atomic E-state index is -4.52. The minimum Gasteiger partial charge on any atom is -0.450 e. The maximum Gasteiger partial charge on any atom is 0.416 e. The highest BCUT2D eigenvalue weighted by Gasteiger charge is 2.33. The van der Waals surface area contributed by atoms with Crippen LogP contribution in [-0.4, -0.2) is 56.4 Å². The zero-order valence-electron chi connectivity index (χ0n) is 15.8. The zero-order valence-corrected chi connectivity index (χ0v) is 16.6. The third kappa shape index (κ3) is 5.02. The zero-order chi connectivity index (χ0) is 22.1. The van der Waals surface area contributed by atoms with Gasteiger partial charge in [-0.3, -0.25) is 4.79 Å². The number of sulfone groups is 1. The van der Waals surface area contributed by atoms with E-state index in [-0.39, 0.29) is 28.6 Å². The number of carbonyl (C=O) groups is 2. The minimum absolute atomic E-state index is 0.000213. The number of likely N-dealkylation sites (N-methyl/N-ethyl adjacent to an activating group) is 1. The molecule has 1 amide bonds. The lowest BCUT2D eigenvalue weighted by Crippen LogP contribution is -2.40. The van der Waals surface area contributed by atoms with Crippen LogP contribution in [0.15, 0.2) is 40.8 Å². The molecule has 1 fully saturated rings. The van der Waals surface area contributed by atoms with E-state index in [4.69, 9.17) is 9.15 Å². The van der Waals surface area contributed by atoms with E-state index in [1.807, 2.05) is 0 Å². The van der Waals surface area contributed by atoms with E-state index >= 15 is 0 Å². The van der Waals surface area contributed by atoms with E-state index in [1.165, 1.54) is 36.2 Å². The van der Waals surface area contributed by atoms with Crippen molar-refractivity contribution in [3.05, 3.63) is 47.7 Å². The molecule has 0 aliphatic carbocycles. The summed E-state index contributed by atoms with van der Waals surface area (Å²) in [7, 11) is -1.74. The number of esters is 1. The number of amides is 1. The van der Waals surface area contributed by atoms with Gasteiger partial charge in [0.1, 0.15) is 5.76 Å². The van der Waals surface area contributed by atoms with Crippen molar-refractivity contribution in [3.63, 3.8) is 0 Å². The van der Waals surface area contributed by atoms with Crippen molar-refractivity contribution in [1.29, 1.82) is 0 Å².